The summed E-state index contributed by atoms with van der Waals surface area (Å²) in [5.41, 5.74) is 6.29. The standard InChI is InChI=1S/C32H34BrN5O2S/c1-19-17-24(20(2)37(19)22-12-10-21(33)11-13-22)29-28(26-9-7-8-16-34-26)36-31(41)38(29)23-14-15-25(27(18-23)40-6)35-30(39)32(3,4)5/h7-18,28-29H,1-6H3,(H,35,39)(H,36,41)/t28-,29-/m0/s1. The number of hydrogen-bond donors (Lipinski definition) is 2. The average Bonchev–Trinajstić information content (AvgIpc) is 3.44. The van der Waals surface area contributed by atoms with E-state index < -0.39 is 5.41 Å². The summed E-state index contributed by atoms with van der Waals surface area (Å²) in [6.45, 7) is 9.90. The van der Waals surface area contributed by atoms with Gasteiger partial charge in [-0.05, 0) is 86.2 Å². The summed E-state index contributed by atoms with van der Waals surface area (Å²) < 4.78 is 9.04. The number of halogens is 1. The Balaban J connectivity index is 1.62. The molecule has 1 aliphatic rings. The molecule has 2 N–H and O–H groups in total. The highest BCUT2D eigenvalue weighted by atomic mass is 79.9. The number of carbonyl (C=O) groups is 1. The van der Waals surface area contributed by atoms with Crippen molar-refractivity contribution in [2.45, 2.75) is 46.7 Å². The largest absolute Gasteiger partial charge is 0.494 e. The van der Waals surface area contributed by atoms with Crippen LogP contribution in [0.25, 0.3) is 5.69 Å². The normalized spacial score (nSPS) is 17.0. The summed E-state index contributed by atoms with van der Waals surface area (Å²) in [4.78, 5) is 19.5. The van der Waals surface area contributed by atoms with E-state index in [0.29, 0.717) is 16.5 Å². The number of benzene rings is 2. The number of anilines is 2. The van der Waals surface area contributed by atoms with E-state index in [9.17, 15) is 4.79 Å². The zero-order chi connectivity index (χ0) is 29.5. The molecule has 0 spiro atoms. The molecule has 41 heavy (non-hydrogen) atoms. The maximum Gasteiger partial charge on any atom is 0.229 e. The van der Waals surface area contributed by atoms with E-state index in [1.165, 1.54) is 0 Å². The Hall–Kier alpha value is -3.69. The van der Waals surface area contributed by atoms with E-state index in [4.69, 9.17) is 21.9 Å². The minimum atomic E-state index is -0.539. The van der Waals surface area contributed by atoms with Crippen molar-refractivity contribution in [1.82, 2.24) is 14.9 Å². The van der Waals surface area contributed by atoms with E-state index in [1.807, 2.05) is 57.2 Å². The third-order valence-electron chi connectivity index (χ3n) is 7.36. The van der Waals surface area contributed by atoms with Crippen LogP contribution in [0.3, 0.4) is 0 Å². The Morgan fingerprint density at radius 1 is 1.05 bits per heavy atom. The molecule has 7 nitrogen and oxygen atoms in total. The van der Waals surface area contributed by atoms with Gasteiger partial charge < -0.3 is 24.8 Å². The second-order valence-corrected chi connectivity index (χ2v) is 12.5. The zero-order valence-corrected chi connectivity index (χ0v) is 26.4. The van der Waals surface area contributed by atoms with Gasteiger partial charge in [0.2, 0.25) is 5.91 Å². The average molecular weight is 633 g/mol. The van der Waals surface area contributed by atoms with Gasteiger partial charge in [0.1, 0.15) is 5.75 Å². The van der Waals surface area contributed by atoms with Crippen molar-refractivity contribution in [1.29, 1.82) is 0 Å². The first-order valence-electron chi connectivity index (χ1n) is 13.4. The molecule has 2 aromatic carbocycles. The first-order chi connectivity index (χ1) is 19.5. The number of hydrogen-bond acceptors (Lipinski definition) is 4. The van der Waals surface area contributed by atoms with Gasteiger partial charge in [-0.1, -0.05) is 42.8 Å². The lowest BCUT2D eigenvalue weighted by molar-refractivity contribution is -0.123. The smallest absolute Gasteiger partial charge is 0.229 e. The van der Waals surface area contributed by atoms with Crippen molar-refractivity contribution in [2.75, 3.05) is 17.3 Å². The minimum absolute atomic E-state index is 0.0876. The SMILES string of the molecule is COc1cc(N2C(=S)N[C@@H](c3ccccn3)[C@@H]2c2cc(C)n(-c3ccc(Br)cc3)c2C)ccc1NC(=O)C(C)(C)C. The molecule has 0 radical (unpaired) electrons. The van der Waals surface area contributed by atoms with Crippen molar-refractivity contribution in [3.05, 3.63) is 100 Å². The number of aromatic nitrogens is 2. The molecule has 1 amide bonds. The number of nitrogens with zero attached hydrogens (tertiary/aromatic N) is 3. The van der Waals surface area contributed by atoms with E-state index in [0.717, 1.165) is 38.5 Å². The summed E-state index contributed by atoms with van der Waals surface area (Å²) in [6.07, 6.45) is 1.81. The summed E-state index contributed by atoms with van der Waals surface area (Å²) in [6, 6.07) is 21.9. The minimum Gasteiger partial charge on any atom is -0.494 e. The number of thiocarbonyl (C=S) groups is 1. The summed E-state index contributed by atoms with van der Waals surface area (Å²) in [7, 11) is 1.60. The molecule has 0 bridgehead atoms. The van der Waals surface area contributed by atoms with E-state index in [-0.39, 0.29) is 18.0 Å². The van der Waals surface area contributed by atoms with Gasteiger partial charge in [-0.25, -0.2) is 0 Å². The fraction of sp³-hybridized carbons (Fsp3) is 0.281. The van der Waals surface area contributed by atoms with Gasteiger partial charge in [-0.3, -0.25) is 9.78 Å². The predicted molar refractivity (Wildman–Crippen MR) is 172 cm³/mol. The van der Waals surface area contributed by atoms with Gasteiger partial charge in [0.15, 0.2) is 5.11 Å². The molecule has 4 aromatic rings. The van der Waals surface area contributed by atoms with Crippen LogP contribution >= 0.6 is 28.1 Å². The summed E-state index contributed by atoms with van der Waals surface area (Å²) >= 11 is 9.51. The topological polar surface area (TPSA) is 71.4 Å². The van der Waals surface area contributed by atoms with Crippen molar-refractivity contribution in [3.63, 3.8) is 0 Å². The van der Waals surface area contributed by atoms with Crippen LogP contribution < -0.4 is 20.3 Å². The fourth-order valence-electron chi connectivity index (χ4n) is 5.27. The number of amides is 1. The van der Waals surface area contributed by atoms with Gasteiger partial charge in [-0.2, -0.15) is 0 Å². The molecular weight excluding hydrogens is 598 g/mol. The summed E-state index contributed by atoms with van der Waals surface area (Å²) in [5.74, 6) is 0.471. The highest BCUT2D eigenvalue weighted by Gasteiger charge is 2.42. The van der Waals surface area contributed by atoms with Crippen LogP contribution in [-0.4, -0.2) is 27.7 Å². The van der Waals surface area contributed by atoms with Gasteiger partial charge >= 0.3 is 0 Å². The van der Waals surface area contributed by atoms with Crippen LogP contribution in [0, 0.1) is 19.3 Å². The van der Waals surface area contributed by atoms with Gasteiger partial charge in [0.25, 0.3) is 0 Å². The maximum atomic E-state index is 12.7. The molecule has 3 heterocycles. The molecule has 9 heteroatoms. The third kappa shape index (κ3) is 5.61. The number of pyridine rings is 1. The zero-order valence-electron chi connectivity index (χ0n) is 24.0. The number of nitrogens with one attached hydrogen (secondary N) is 2. The second kappa shape index (κ2) is 11.3. The van der Waals surface area contributed by atoms with Gasteiger partial charge in [-0.15, -0.1) is 0 Å². The Bertz CT molecular complexity index is 1600. The molecule has 1 saturated heterocycles. The number of rotatable bonds is 6. The molecule has 0 saturated carbocycles. The van der Waals surface area contributed by atoms with Crippen LogP contribution in [0.15, 0.2) is 77.4 Å². The third-order valence-corrected chi connectivity index (χ3v) is 8.21. The molecule has 5 rings (SSSR count). The Morgan fingerprint density at radius 3 is 2.39 bits per heavy atom. The van der Waals surface area contributed by atoms with E-state index in [2.05, 4.69) is 80.2 Å². The molecule has 212 valence electrons. The number of ether oxygens (including phenoxy) is 1. The summed E-state index contributed by atoms with van der Waals surface area (Å²) in [5, 5.41) is 7.14. The Labute approximate surface area is 255 Å². The quantitative estimate of drug-likeness (QED) is 0.216. The van der Waals surface area contributed by atoms with Crippen LogP contribution in [-0.2, 0) is 4.79 Å². The van der Waals surface area contributed by atoms with Crippen LogP contribution in [0.1, 0.15) is 55.5 Å². The Kier molecular flexibility index (Phi) is 7.94. The van der Waals surface area contributed by atoms with E-state index >= 15 is 0 Å². The second-order valence-electron chi connectivity index (χ2n) is 11.2. The number of methoxy groups -OCH3 is 1. The van der Waals surface area contributed by atoms with Crippen LogP contribution in [0.5, 0.6) is 5.75 Å². The molecule has 2 atom stereocenters. The molecule has 0 unspecified atom stereocenters. The lowest BCUT2D eigenvalue weighted by atomic mass is 9.95. The van der Waals surface area contributed by atoms with E-state index in [1.54, 1.807) is 13.3 Å². The molecular formula is C32H34BrN5O2S. The molecule has 1 fully saturated rings. The van der Waals surface area contributed by atoms with Crippen molar-refractivity contribution in [3.8, 4) is 11.4 Å². The van der Waals surface area contributed by atoms with Crippen molar-refractivity contribution < 1.29 is 9.53 Å². The van der Waals surface area contributed by atoms with Crippen molar-refractivity contribution in [2.24, 2.45) is 5.41 Å². The highest BCUT2D eigenvalue weighted by Crippen LogP contribution is 2.45. The van der Waals surface area contributed by atoms with Gasteiger partial charge in [0.05, 0.1) is 30.6 Å². The van der Waals surface area contributed by atoms with Gasteiger partial charge in [0, 0.05) is 44.9 Å². The lowest BCUT2D eigenvalue weighted by Gasteiger charge is -2.29. The molecule has 2 aromatic heterocycles. The Morgan fingerprint density at radius 2 is 1.76 bits per heavy atom. The number of aryl methyl sites for hydroxylation is 1. The maximum absolute atomic E-state index is 12.7. The predicted octanol–water partition coefficient (Wildman–Crippen LogP) is 7.42. The molecule has 1 aliphatic heterocycles. The van der Waals surface area contributed by atoms with Crippen molar-refractivity contribution >= 4 is 50.5 Å². The molecule has 0 aliphatic carbocycles. The number of carbonyl (C=O) groups excluding carboxylic acids is 1. The monoisotopic (exact) mass is 631 g/mol. The fourth-order valence-corrected chi connectivity index (χ4v) is 5.88. The highest BCUT2D eigenvalue weighted by molar-refractivity contribution is 9.10. The van der Waals surface area contributed by atoms with Crippen LogP contribution in [0.2, 0.25) is 0 Å². The van der Waals surface area contributed by atoms with Crippen LogP contribution in [0.4, 0.5) is 11.4 Å². The first kappa shape index (κ1) is 28.8. The first-order valence-corrected chi connectivity index (χ1v) is 14.6. The lowest BCUT2D eigenvalue weighted by Crippen LogP contribution is -2.30.